The summed E-state index contributed by atoms with van der Waals surface area (Å²) in [5, 5.41) is 0. The van der Waals surface area contributed by atoms with E-state index in [1.54, 1.807) is 11.8 Å². The van der Waals surface area contributed by atoms with E-state index in [1.807, 2.05) is 6.92 Å². The fourth-order valence-corrected chi connectivity index (χ4v) is 2.12. The van der Waals surface area contributed by atoms with Gasteiger partial charge in [-0.3, -0.25) is 0 Å². The molecule has 0 aliphatic rings. The standard InChI is InChI=1S/C11H17NS/c1-7-5-10(9(3)12)11(13-4)6-8(7)2/h5-6,9H,12H2,1-4H3. The topological polar surface area (TPSA) is 26.0 Å². The van der Waals surface area contributed by atoms with Crippen LogP contribution in [0.15, 0.2) is 17.0 Å². The van der Waals surface area contributed by atoms with Crippen molar-refractivity contribution < 1.29 is 0 Å². The highest BCUT2D eigenvalue weighted by molar-refractivity contribution is 7.98. The molecule has 0 spiro atoms. The van der Waals surface area contributed by atoms with E-state index >= 15 is 0 Å². The van der Waals surface area contributed by atoms with Crippen molar-refractivity contribution in [2.75, 3.05) is 6.26 Å². The Labute approximate surface area is 84.7 Å². The first-order valence-electron chi connectivity index (χ1n) is 4.47. The largest absolute Gasteiger partial charge is 0.324 e. The molecule has 0 aliphatic heterocycles. The fraction of sp³-hybridized carbons (Fsp3) is 0.455. The molecule has 0 bridgehead atoms. The van der Waals surface area contributed by atoms with Crippen LogP contribution >= 0.6 is 11.8 Å². The lowest BCUT2D eigenvalue weighted by Crippen LogP contribution is -2.07. The maximum absolute atomic E-state index is 5.90. The van der Waals surface area contributed by atoms with Crippen molar-refractivity contribution in [3.8, 4) is 0 Å². The molecular weight excluding hydrogens is 178 g/mol. The van der Waals surface area contributed by atoms with Crippen LogP contribution in [-0.4, -0.2) is 6.26 Å². The van der Waals surface area contributed by atoms with Gasteiger partial charge >= 0.3 is 0 Å². The van der Waals surface area contributed by atoms with Crippen LogP contribution < -0.4 is 5.73 Å². The van der Waals surface area contributed by atoms with Crippen LogP contribution in [0.25, 0.3) is 0 Å². The molecule has 1 aromatic carbocycles. The van der Waals surface area contributed by atoms with Gasteiger partial charge in [-0.2, -0.15) is 0 Å². The van der Waals surface area contributed by atoms with Gasteiger partial charge in [0.1, 0.15) is 0 Å². The third-order valence-electron chi connectivity index (χ3n) is 2.34. The average molecular weight is 195 g/mol. The van der Waals surface area contributed by atoms with Crippen LogP contribution in [0, 0.1) is 13.8 Å². The van der Waals surface area contributed by atoms with Crippen LogP contribution in [0.3, 0.4) is 0 Å². The first kappa shape index (κ1) is 10.6. The van der Waals surface area contributed by atoms with Gasteiger partial charge in [-0.15, -0.1) is 11.8 Å². The number of nitrogens with two attached hydrogens (primary N) is 1. The van der Waals surface area contributed by atoms with Crippen molar-refractivity contribution in [3.05, 3.63) is 28.8 Å². The zero-order valence-electron chi connectivity index (χ0n) is 8.72. The van der Waals surface area contributed by atoms with E-state index in [9.17, 15) is 0 Å². The molecule has 0 radical (unpaired) electrons. The molecule has 1 atom stereocenters. The second-order valence-corrected chi connectivity index (χ2v) is 4.32. The van der Waals surface area contributed by atoms with Crippen LogP contribution in [-0.2, 0) is 0 Å². The highest BCUT2D eigenvalue weighted by Crippen LogP contribution is 2.27. The summed E-state index contributed by atoms with van der Waals surface area (Å²) in [6.07, 6.45) is 2.09. The summed E-state index contributed by atoms with van der Waals surface area (Å²) in [5.74, 6) is 0. The maximum atomic E-state index is 5.90. The van der Waals surface area contributed by atoms with Gasteiger partial charge in [0.15, 0.2) is 0 Å². The summed E-state index contributed by atoms with van der Waals surface area (Å²) in [5.41, 5.74) is 9.82. The number of hydrogen-bond acceptors (Lipinski definition) is 2. The summed E-state index contributed by atoms with van der Waals surface area (Å²) in [7, 11) is 0. The highest BCUT2D eigenvalue weighted by atomic mass is 32.2. The van der Waals surface area contributed by atoms with Crippen molar-refractivity contribution >= 4 is 11.8 Å². The molecule has 0 aromatic heterocycles. The third-order valence-corrected chi connectivity index (χ3v) is 3.13. The molecule has 0 saturated carbocycles. The van der Waals surface area contributed by atoms with Crippen LogP contribution in [0.4, 0.5) is 0 Å². The van der Waals surface area contributed by atoms with E-state index in [4.69, 9.17) is 5.73 Å². The summed E-state index contributed by atoms with van der Waals surface area (Å²) >= 11 is 1.77. The van der Waals surface area contributed by atoms with Gasteiger partial charge in [0.2, 0.25) is 0 Å². The summed E-state index contributed by atoms with van der Waals surface area (Å²) < 4.78 is 0. The van der Waals surface area contributed by atoms with Crippen molar-refractivity contribution in [1.82, 2.24) is 0 Å². The minimum atomic E-state index is 0.127. The number of benzene rings is 1. The van der Waals surface area contributed by atoms with Crippen LogP contribution in [0.2, 0.25) is 0 Å². The molecule has 0 aliphatic carbocycles. The zero-order chi connectivity index (χ0) is 10.0. The zero-order valence-corrected chi connectivity index (χ0v) is 9.53. The van der Waals surface area contributed by atoms with E-state index in [-0.39, 0.29) is 6.04 Å². The van der Waals surface area contributed by atoms with Crippen LogP contribution in [0.5, 0.6) is 0 Å². The first-order chi connectivity index (χ1) is 6.06. The predicted octanol–water partition coefficient (Wildman–Crippen LogP) is 3.05. The summed E-state index contributed by atoms with van der Waals surface area (Å²) in [6.45, 7) is 6.30. The Balaban J connectivity index is 3.25. The molecule has 0 fully saturated rings. The second kappa shape index (κ2) is 4.16. The molecule has 1 nitrogen and oxygen atoms in total. The Morgan fingerprint density at radius 1 is 1.23 bits per heavy atom. The molecule has 1 rings (SSSR count). The summed E-state index contributed by atoms with van der Waals surface area (Å²) in [4.78, 5) is 1.30. The molecule has 2 heteroatoms. The molecule has 13 heavy (non-hydrogen) atoms. The van der Waals surface area contributed by atoms with Gasteiger partial charge in [0, 0.05) is 10.9 Å². The van der Waals surface area contributed by atoms with Gasteiger partial charge < -0.3 is 5.73 Å². The van der Waals surface area contributed by atoms with Gasteiger partial charge in [-0.25, -0.2) is 0 Å². The molecular formula is C11H17NS. The molecule has 72 valence electrons. The van der Waals surface area contributed by atoms with Gasteiger partial charge in [-0.05, 0) is 49.8 Å². The number of rotatable bonds is 2. The van der Waals surface area contributed by atoms with E-state index in [2.05, 4.69) is 32.2 Å². The smallest absolute Gasteiger partial charge is 0.0277 e. The molecule has 0 amide bonds. The second-order valence-electron chi connectivity index (χ2n) is 3.47. The minimum absolute atomic E-state index is 0.127. The Hall–Kier alpha value is -0.470. The minimum Gasteiger partial charge on any atom is -0.324 e. The fourth-order valence-electron chi connectivity index (χ4n) is 1.34. The van der Waals surface area contributed by atoms with Crippen molar-refractivity contribution in [2.45, 2.75) is 31.7 Å². The third kappa shape index (κ3) is 2.26. The number of thioether (sulfide) groups is 1. The lowest BCUT2D eigenvalue weighted by molar-refractivity contribution is 0.795. The Morgan fingerprint density at radius 3 is 2.23 bits per heavy atom. The van der Waals surface area contributed by atoms with Crippen molar-refractivity contribution in [2.24, 2.45) is 5.73 Å². The van der Waals surface area contributed by atoms with Gasteiger partial charge in [0.05, 0.1) is 0 Å². The normalized spacial score (nSPS) is 13.0. The summed E-state index contributed by atoms with van der Waals surface area (Å²) in [6, 6.07) is 4.55. The Morgan fingerprint density at radius 2 is 1.77 bits per heavy atom. The molecule has 1 unspecified atom stereocenters. The molecule has 0 heterocycles. The molecule has 2 N–H and O–H groups in total. The maximum Gasteiger partial charge on any atom is 0.0277 e. The van der Waals surface area contributed by atoms with Crippen LogP contribution in [0.1, 0.15) is 29.7 Å². The van der Waals surface area contributed by atoms with E-state index < -0.39 is 0 Å². The van der Waals surface area contributed by atoms with E-state index in [0.717, 1.165) is 0 Å². The van der Waals surface area contributed by atoms with Gasteiger partial charge in [-0.1, -0.05) is 6.07 Å². The predicted molar refractivity (Wildman–Crippen MR) is 60.3 cm³/mol. The lowest BCUT2D eigenvalue weighted by Gasteiger charge is -2.13. The number of aryl methyl sites for hydroxylation is 2. The van der Waals surface area contributed by atoms with Gasteiger partial charge in [0.25, 0.3) is 0 Å². The SMILES string of the molecule is CSc1cc(C)c(C)cc1C(C)N. The van der Waals surface area contributed by atoms with E-state index in [0.29, 0.717) is 0 Å². The average Bonchev–Trinajstić information content (AvgIpc) is 2.08. The Kier molecular flexibility index (Phi) is 3.40. The van der Waals surface area contributed by atoms with Crippen molar-refractivity contribution in [1.29, 1.82) is 0 Å². The Bertz CT molecular complexity index is 305. The van der Waals surface area contributed by atoms with Crippen molar-refractivity contribution in [3.63, 3.8) is 0 Å². The number of hydrogen-bond donors (Lipinski definition) is 1. The monoisotopic (exact) mass is 195 g/mol. The molecule has 1 aromatic rings. The van der Waals surface area contributed by atoms with E-state index in [1.165, 1.54) is 21.6 Å². The highest BCUT2D eigenvalue weighted by Gasteiger charge is 2.07. The molecule has 0 saturated heterocycles. The first-order valence-corrected chi connectivity index (χ1v) is 5.69. The lowest BCUT2D eigenvalue weighted by atomic mass is 10.0. The quantitative estimate of drug-likeness (QED) is 0.734.